The van der Waals surface area contributed by atoms with Crippen molar-refractivity contribution in [1.29, 1.82) is 5.26 Å². The van der Waals surface area contributed by atoms with E-state index in [9.17, 15) is 10.1 Å². The Morgan fingerprint density at radius 2 is 2.32 bits per heavy atom. The normalized spacial score (nSPS) is 16.8. The first-order valence-corrected chi connectivity index (χ1v) is 7.18. The van der Waals surface area contributed by atoms with Crippen LogP contribution in [0, 0.1) is 11.3 Å². The number of pyridine rings is 1. The number of rotatable bonds is 4. The lowest BCUT2D eigenvalue weighted by atomic mass is 10.0. The number of carbonyl (C=O) groups excluding carboxylic acids is 1. The molecule has 0 unspecified atom stereocenters. The summed E-state index contributed by atoms with van der Waals surface area (Å²) in [6.07, 6.45) is 6.70. The van der Waals surface area contributed by atoms with Gasteiger partial charge in [0.25, 0.3) is 0 Å². The Morgan fingerprint density at radius 3 is 2.95 bits per heavy atom. The number of nitrogen functional groups attached to an aromatic ring is 1. The summed E-state index contributed by atoms with van der Waals surface area (Å²) in [6, 6.07) is 4.02. The van der Waals surface area contributed by atoms with Gasteiger partial charge < -0.3 is 11.1 Å². The summed E-state index contributed by atoms with van der Waals surface area (Å²) < 4.78 is 0. The number of hydrogen-bond donors (Lipinski definition) is 2. The van der Waals surface area contributed by atoms with Crippen molar-refractivity contribution >= 4 is 23.4 Å². The number of nitrogens with zero attached hydrogens (tertiary/aromatic N) is 2. The maximum atomic E-state index is 11.9. The van der Waals surface area contributed by atoms with Crippen molar-refractivity contribution < 1.29 is 4.79 Å². The molecule has 1 fully saturated rings. The average molecular weight is 276 g/mol. The molecule has 0 spiro atoms. The van der Waals surface area contributed by atoms with Gasteiger partial charge in [0.15, 0.2) is 0 Å². The van der Waals surface area contributed by atoms with Crippen LogP contribution >= 0.6 is 11.8 Å². The number of nitrogens with two attached hydrogens (primary N) is 1. The van der Waals surface area contributed by atoms with Gasteiger partial charge in [0.05, 0.1) is 23.7 Å². The van der Waals surface area contributed by atoms with Crippen LogP contribution in [-0.4, -0.2) is 22.2 Å². The Balaban J connectivity index is 1.89. The Bertz CT molecular complexity index is 506. The fourth-order valence-electron chi connectivity index (χ4n) is 2.21. The zero-order valence-electron chi connectivity index (χ0n) is 10.6. The molecule has 2 rings (SSSR count). The van der Waals surface area contributed by atoms with Crippen LogP contribution in [0.5, 0.6) is 0 Å². The van der Waals surface area contributed by atoms with Gasteiger partial charge in [0.1, 0.15) is 5.54 Å². The number of anilines is 1. The highest BCUT2D eigenvalue weighted by Crippen LogP contribution is 2.29. The minimum atomic E-state index is -0.651. The molecule has 1 heterocycles. The zero-order chi connectivity index (χ0) is 13.7. The quantitative estimate of drug-likeness (QED) is 0.817. The predicted molar refractivity (Wildman–Crippen MR) is 74.3 cm³/mol. The SMILES string of the molecule is N#CC1(NC(=O)CSc2ccncc2N)CCCC1. The van der Waals surface area contributed by atoms with Gasteiger partial charge in [-0.15, -0.1) is 11.8 Å². The molecule has 1 aromatic rings. The molecule has 0 aliphatic heterocycles. The van der Waals surface area contributed by atoms with E-state index in [4.69, 9.17) is 5.73 Å². The molecule has 1 amide bonds. The van der Waals surface area contributed by atoms with Crippen LogP contribution in [0.4, 0.5) is 5.69 Å². The Morgan fingerprint density at radius 1 is 1.58 bits per heavy atom. The molecule has 3 N–H and O–H groups in total. The predicted octanol–water partition coefficient (Wildman–Crippen LogP) is 1.71. The highest BCUT2D eigenvalue weighted by atomic mass is 32.2. The van der Waals surface area contributed by atoms with Crippen LogP contribution in [0.3, 0.4) is 0 Å². The summed E-state index contributed by atoms with van der Waals surface area (Å²) in [5.41, 5.74) is 5.67. The topological polar surface area (TPSA) is 91.8 Å². The summed E-state index contributed by atoms with van der Waals surface area (Å²) in [5.74, 6) is 0.141. The van der Waals surface area contributed by atoms with Crippen LogP contribution in [0.15, 0.2) is 23.4 Å². The molecule has 1 aromatic heterocycles. The Kier molecular flexibility index (Phi) is 4.27. The smallest absolute Gasteiger partial charge is 0.231 e. The van der Waals surface area contributed by atoms with Crippen molar-refractivity contribution in [2.24, 2.45) is 0 Å². The van der Waals surface area contributed by atoms with Crippen molar-refractivity contribution in [3.8, 4) is 6.07 Å². The largest absolute Gasteiger partial charge is 0.397 e. The zero-order valence-corrected chi connectivity index (χ0v) is 11.4. The summed E-state index contributed by atoms with van der Waals surface area (Å²) >= 11 is 1.36. The van der Waals surface area contributed by atoms with Crippen molar-refractivity contribution in [2.45, 2.75) is 36.1 Å². The van der Waals surface area contributed by atoms with E-state index < -0.39 is 5.54 Å². The third-order valence-electron chi connectivity index (χ3n) is 3.22. The average Bonchev–Trinajstić information content (AvgIpc) is 2.87. The summed E-state index contributed by atoms with van der Waals surface area (Å²) in [6.45, 7) is 0. The lowest BCUT2D eigenvalue weighted by Crippen LogP contribution is -2.45. The Labute approximate surface area is 116 Å². The van der Waals surface area contributed by atoms with E-state index in [2.05, 4.69) is 16.4 Å². The molecule has 0 aromatic carbocycles. The fraction of sp³-hybridized carbons (Fsp3) is 0.462. The molecule has 1 aliphatic carbocycles. The molecule has 0 atom stereocenters. The molecule has 0 radical (unpaired) electrons. The maximum absolute atomic E-state index is 11.9. The molecule has 1 saturated carbocycles. The molecule has 5 nitrogen and oxygen atoms in total. The Hall–Kier alpha value is -1.74. The summed E-state index contributed by atoms with van der Waals surface area (Å²) in [7, 11) is 0. The van der Waals surface area contributed by atoms with Crippen molar-refractivity contribution in [3.63, 3.8) is 0 Å². The number of carbonyl (C=O) groups is 1. The van der Waals surface area contributed by atoms with E-state index in [0.717, 1.165) is 30.6 Å². The summed E-state index contributed by atoms with van der Waals surface area (Å²) in [5, 5.41) is 12.0. The van der Waals surface area contributed by atoms with E-state index >= 15 is 0 Å². The first-order valence-electron chi connectivity index (χ1n) is 6.20. The maximum Gasteiger partial charge on any atom is 0.231 e. The van der Waals surface area contributed by atoms with Crippen LogP contribution in [-0.2, 0) is 4.79 Å². The molecule has 0 saturated heterocycles. The van der Waals surface area contributed by atoms with E-state index in [0.29, 0.717) is 5.69 Å². The number of nitrogens with one attached hydrogen (secondary N) is 1. The number of nitriles is 1. The van der Waals surface area contributed by atoms with Gasteiger partial charge in [-0.1, -0.05) is 0 Å². The minimum Gasteiger partial charge on any atom is -0.397 e. The standard InChI is InChI=1S/C13H16N4OS/c14-9-13(4-1-2-5-13)17-12(18)8-19-11-3-6-16-7-10(11)15/h3,6-7H,1-2,4-5,8,15H2,(H,17,18). The fourth-order valence-corrected chi connectivity index (χ4v) is 2.95. The molecular weight excluding hydrogens is 260 g/mol. The molecule has 100 valence electrons. The number of thioether (sulfide) groups is 1. The number of aromatic nitrogens is 1. The molecule has 1 aliphatic rings. The highest BCUT2D eigenvalue weighted by Gasteiger charge is 2.35. The van der Waals surface area contributed by atoms with Gasteiger partial charge in [-0.2, -0.15) is 5.26 Å². The molecule has 19 heavy (non-hydrogen) atoms. The molecule has 0 bridgehead atoms. The third kappa shape index (κ3) is 3.38. The minimum absolute atomic E-state index is 0.121. The van der Waals surface area contributed by atoms with Gasteiger partial charge in [-0.3, -0.25) is 9.78 Å². The van der Waals surface area contributed by atoms with Gasteiger partial charge >= 0.3 is 0 Å². The van der Waals surface area contributed by atoms with Gasteiger partial charge in [0, 0.05) is 11.1 Å². The van der Waals surface area contributed by atoms with E-state index in [1.807, 2.05) is 0 Å². The monoisotopic (exact) mass is 276 g/mol. The van der Waals surface area contributed by atoms with Gasteiger partial charge in [-0.05, 0) is 31.7 Å². The lowest BCUT2D eigenvalue weighted by Gasteiger charge is -2.21. The van der Waals surface area contributed by atoms with Crippen LogP contribution < -0.4 is 11.1 Å². The van der Waals surface area contributed by atoms with Crippen molar-refractivity contribution in [2.75, 3.05) is 11.5 Å². The van der Waals surface area contributed by atoms with E-state index in [-0.39, 0.29) is 11.7 Å². The first-order chi connectivity index (χ1) is 9.15. The van der Waals surface area contributed by atoms with Gasteiger partial charge in [-0.25, -0.2) is 0 Å². The van der Waals surface area contributed by atoms with Crippen LogP contribution in [0.1, 0.15) is 25.7 Å². The third-order valence-corrected chi connectivity index (χ3v) is 4.31. The van der Waals surface area contributed by atoms with Crippen LogP contribution in [0.2, 0.25) is 0 Å². The summed E-state index contributed by atoms with van der Waals surface area (Å²) in [4.78, 5) is 16.6. The second kappa shape index (κ2) is 5.93. The van der Waals surface area contributed by atoms with Crippen molar-refractivity contribution in [1.82, 2.24) is 10.3 Å². The van der Waals surface area contributed by atoms with E-state index in [1.165, 1.54) is 11.8 Å². The lowest BCUT2D eigenvalue weighted by molar-refractivity contribution is -0.119. The second-order valence-corrected chi connectivity index (χ2v) is 5.67. The first kappa shape index (κ1) is 13.7. The second-order valence-electron chi connectivity index (χ2n) is 4.65. The van der Waals surface area contributed by atoms with Gasteiger partial charge in [0.2, 0.25) is 5.91 Å². The molecule has 6 heteroatoms. The van der Waals surface area contributed by atoms with Crippen molar-refractivity contribution in [3.05, 3.63) is 18.5 Å². The van der Waals surface area contributed by atoms with E-state index in [1.54, 1.807) is 18.5 Å². The highest BCUT2D eigenvalue weighted by molar-refractivity contribution is 8.00. The molecular formula is C13H16N4OS. The van der Waals surface area contributed by atoms with Crippen LogP contribution in [0.25, 0.3) is 0 Å². The number of amides is 1. The number of hydrogen-bond acceptors (Lipinski definition) is 5.